The van der Waals surface area contributed by atoms with Crippen molar-refractivity contribution in [1.29, 1.82) is 0 Å². The smallest absolute Gasteiger partial charge is 0.146 e. The highest BCUT2D eigenvalue weighted by Crippen LogP contribution is 2.28. The Morgan fingerprint density at radius 1 is 1.16 bits per heavy atom. The Morgan fingerprint density at radius 2 is 1.79 bits per heavy atom. The number of hydrogen-bond acceptors (Lipinski definition) is 3. The fourth-order valence-corrected chi connectivity index (χ4v) is 2.13. The van der Waals surface area contributed by atoms with E-state index < -0.39 is 0 Å². The Morgan fingerprint density at radius 3 is 2.37 bits per heavy atom. The zero-order valence-electron chi connectivity index (χ0n) is 11.4. The van der Waals surface area contributed by atoms with Crippen molar-refractivity contribution in [2.45, 2.75) is 32.6 Å². The number of rotatable bonds is 3. The zero-order chi connectivity index (χ0) is 14.0. The number of aryl methyl sites for hydroxylation is 1. The SMILES string of the molecule is Cc1cc(N)nnc1CC(C)(C)c1ccc(F)cc1. The Balaban J connectivity index is 2.27. The summed E-state index contributed by atoms with van der Waals surface area (Å²) in [6.45, 7) is 6.19. The van der Waals surface area contributed by atoms with Crippen LogP contribution in [0.25, 0.3) is 0 Å². The van der Waals surface area contributed by atoms with Crippen LogP contribution in [0.2, 0.25) is 0 Å². The van der Waals surface area contributed by atoms with Gasteiger partial charge in [0.1, 0.15) is 11.6 Å². The predicted octanol–water partition coefficient (Wildman–Crippen LogP) is 3.03. The van der Waals surface area contributed by atoms with Crippen molar-refractivity contribution < 1.29 is 4.39 Å². The van der Waals surface area contributed by atoms with Crippen LogP contribution in [0.4, 0.5) is 10.2 Å². The molecule has 0 amide bonds. The van der Waals surface area contributed by atoms with Crippen LogP contribution in [0.5, 0.6) is 0 Å². The number of aromatic nitrogens is 2. The minimum atomic E-state index is -0.219. The molecule has 2 rings (SSSR count). The second kappa shape index (κ2) is 4.96. The molecular weight excluding hydrogens is 241 g/mol. The molecule has 0 saturated carbocycles. The zero-order valence-corrected chi connectivity index (χ0v) is 11.4. The van der Waals surface area contributed by atoms with E-state index in [0.717, 1.165) is 23.2 Å². The van der Waals surface area contributed by atoms with E-state index in [9.17, 15) is 4.39 Å². The first-order chi connectivity index (χ1) is 8.88. The molecule has 2 aromatic rings. The average molecular weight is 259 g/mol. The summed E-state index contributed by atoms with van der Waals surface area (Å²) in [7, 11) is 0. The van der Waals surface area contributed by atoms with E-state index in [1.807, 2.05) is 25.1 Å². The Hall–Kier alpha value is -1.97. The Bertz CT molecular complexity index is 576. The van der Waals surface area contributed by atoms with Crippen LogP contribution >= 0.6 is 0 Å². The lowest BCUT2D eigenvalue weighted by atomic mass is 9.80. The molecule has 0 aliphatic rings. The first-order valence-electron chi connectivity index (χ1n) is 6.23. The first kappa shape index (κ1) is 13.5. The van der Waals surface area contributed by atoms with Crippen LogP contribution in [-0.4, -0.2) is 10.2 Å². The first-order valence-corrected chi connectivity index (χ1v) is 6.23. The van der Waals surface area contributed by atoms with Crippen molar-refractivity contribution >= 4 is 5.82 Å². The molecule has 2 N–H and O–H groups in total. The maximum atomic E-state index is 13.0. The highest BCUT2D eigenvalue weighted by Gasteiger charge is 2.23. The van der Waals surface area contributed by atoms with E-state index >= 15 is 0 Å². The quantitative estimate of drug-likeness (QED) is 0.921. The summed E-state index contributed by atoms with van der Waals surface area (Å²) in [4.78, 5) is 0. The van der Waals surface area contributed by atoms with Gasteiger partial charge in [-0.15, -0.1) is 5.10 Å². The summed E-state index contributed by atoms with van der Waals surface area (Å²) < 4.78 is 13.0. The molecule has 4 heteroatoms. The van der Waals surface area contributed by atoms with Crippen molar-refractivity contribution in [2.75, 3.05) is 5.73 Å². The Kier molecular flexibility index (Phi) is 3.51. The van der Waals surface area contributed by atoms with Gasteiger partial charge in [-0.25, -0.2) is 4.39 Å². The Labute approximate surface area is 112 Å². The number of nitrogen functional groups attached to an aromatic ring is 1. The van der Waals surface area contributed by atoms with Gasteiger partial charge in [0.2, 0.25) is 0 Å². The van der Waals surface area contributed by atoms with Crippen LogP contribution in [0.15, 0.2) is 30.3 Å². The van der Waals surface area contributed by atoms with Crippen molar-refractivity contribution in [2.24, 2.45) is 0 Å². The van der Waals surface area contributed by atoms with Gasteiger partial charge in [0, 0.05) is 6.42 Å². The van der Waals surface area contributed by atoms with Crippen LogP contribution in [0, 0.1) is 12.7 Å². The standard InChI is InChI=1S/C15H18FN3/c1-10-8-14(17)19-18-13(10)9-15(2,3)11-4-6-12(16)7-5-11/h4-8H,9H2,1-3H3,(H2,17,19). The van der Waals surface area contributed by atoms with Gasteiger partial charge in [-0.1, -0.05) is 26.0 Å². The monoisotopic (exact) mass is 259 g/mol. The minimum absolute atomic E-state index is 0.136. The number of anilines is 1. The van der Waals surface area contributed by atoms with Crippen LogP contribution in [-0.2, 0) is 11.8 Å². The van der Waals surface area contributed by atoms with Gasteiger partial charge in [0.25, 0.3) is 0 Å². The highest BCUT2D eigenvalue weighted by molar-refractivity contribution is 5.34. The largest absolute Gasteiger partial charge is 0.382 e. The number of hydrogen-bond donors (Lipinski definition) is 1. The van der Waals surface area contributed by atoms with E-state index in [0.29, 0.717) is 5.82 Å². The fraction of sp³-hybridized carbons (Fsp3) is 0.333. The van der Waals surface area contributed by atoms with Crippen molar-refractivity contribution in [3.8, 4) is 0 Å². The maximum Gasteiger partial charge on any atom is 0.146 e. The van der Waals surface area contributed by atoms with Crippen LogP contribution in [0.3, 0.4) is 0 Å². The van der Waals surface area contributed by atoms with Gasteiger partial charge in [-0.05, 0) is 41.7 Å². The molecule has 0 saturated heterocycles. The van der Waals surface area contributed by atoms with Crippen molar-refractivity contribution in [3.63, 3.8) is 0 Å². The van der Waals surface area contributed by atoms with Gasteiger partial charge in [0.05, 0.1) is 5.69 Å². The van der Waals surface area contributed by atoms with E-state index in [-0.39, 0.29) is 11.2 Å². The van der Waals surface area contributed by atoms with Gasteiger partial charge in [0.15, 0.2) is 0 Å². The van der Waals surface area contributed by atoms with E-state index in [1.54, 1.807) is 0 Å². The van der Waals surface area contributed by atoms with E-state index in [1.165, 1.54) is 12.1 Å². The topological polar surface area (TPSA) is 51.8 Å². The summed E-state index contributed by atoms with van der Waals surface area (Å²) >= 11 is 0. The molecule has 3 nitrogen and oxygen atoms in total. The van der Waals surface area contributed by atoms with Gasteiger partial charge in [-0.3, -0.25) is 0 Å². The third kappa shape index (κ3) is 3.08. The maximum absolute atomic E-state index is 13.0. The summed E-state index contributed by atoms with van der Waals surface area (Å²) in [6, 6.07) is 8.42. The van der Waals surface area contributed by atoms with Crippen LogP contribution < -0.4 is 5.73 Å². The normalized spacial score (nSPS) is 11.6. The van der Waals surface area contributed by atoms with Crippen LogP contribution in [0.1, 0.15) is 30.7 Å². The van der Waals surface area contributed by atoms with E-state index in [2.05, 4.69) is 24.0 Å². The lowest BCUT2D eigenvalue weighted by Gasteiger charge is -2.25. The molecule has 0 aliphatic carbocycles. The van der Waals surface area contributed by atoms with Crippen molar-refractivity contribution in [3.05, 3.63) is 53.0 Å². The molecular formula is C15H18FN3. The number of nitrogens with two attached hydrogens (primary N) is 1. The molecule has 1 aromatic carbocycles. The fourth-order valence-electron chi connectivity index (χ4n) is 2.13. The molecule has 19 heavy (non-hydrogen) atoms. The summed E-state index contributed by atoms with van der Waals surface area (Å²) in [5, 5.41) is 8.06. The molecule has 0 fully saturated rings. The van der Waals surface area contributed by atoms with Gasteiger partial charge in [-0.2, -0.15) is 5.10 Å². The van der Waals surface area contributed by atoms with E-state index in [4.69, 9.17) is 5.73 Å². The highest BCUT2D eigenvalue weighted by atomic mass is 19.1. The lowest BCUT2D eigenvalue weighted by molar-refractivity contribution is 0.508. The van der Waals surface area contributed by atoms with Gasteiger partial charge >= 0.3 is 0 Å². The minimum Gasteiger partial charge on any atom is -0.382 e. The lowest BCUT2D eigenvalue weighted by Crippen LogP contribution is -2.22. The second-order valence-electron chi connectivity index (χ2n) is 5.47. The summed E-state index contributed by atoms with van der Waals surface area (Å²) in [5.74, 6) is 0.212. The predicted molar refractivity (Wildman–Crippen MR) is 74.3 cm³/mol. The molecule has 0 spiro atoms. The molecule has 100 valence electrons. The molecule has 0 unspecified atom stereocenters. The number of halogens is 1. The third-order valence-corrected chi connectivity index (χ3v) is 3.34. The number of nitrogens with zero attached hydrogens (tertiary/aromatic N) is 2. The summed E-state index contributed by atoms with van der Waals surface area (Å²) in [6.07, 6.45) is 0.734. The molecule has 1 heterocycles. The third-order valence-electron chi connectivity index (χ3n) is 3.34. The molecule has 0 aliphatic heterocycles. The molecule has 0 atom stereocenters. The molecule has 1 aromatic heterocycles. The molecule has 0 radical (unpaired) electrons. The summed E-state index contributed by atoms with van der Waals surface area (Å²) in [5.41, 5.74) is 8.49. The second-order valence-corrected chi connectivity index (χ2v) is 5.47. The average Bonchev–Trinajstić information content (AvgIpc) is 2.33. The molecule has 0 bridgehead atoms. The number of benzene rings is 1. The van der Waals surface area contributed by atoms with Crippen molar-refractivity contribution in [1.82, 2.24) is 10.2 Å². The van der Waals surface area contributed by atoms with Gasteiger partial charge < -0.3 is 5.73 Å².